The van der Waals surface area contributed by atoms with Gasteiger partial charge in [0.05, 0.1) is 5.54 Å². The summed E-state index contributed by atoms with van der Waals surface area (Å²) in [5.41, 5.74) is 1.32. The molecule has 1 aromatic carbocycles. The fourth-order valence-corrected chi connectivity index (χ4v) is 3.16. The second-order valence-electron chi connectivity index (χ2n) is 6.67. The maximum Gasteiger partial charge on any atom is 0.319 e. The Kier molecular flexibility index (Phi) is 7.41. The summed E-state index contributed by atoms with van der Waals surface area (Å²) in [5.74, 6) is -0.0490. The fourth-order valence-electron chi connectivity index (χ4n) is 3.16. The quantitative estimate of drug-likeness (QED) is 0.742. The fraction of sp³-hybridized carbons (Fsp3) is 0.579. The molecule has 0 radical (unpaired) electrons. The Morgan fingerprint density at radius 3 is 2.85 bits per heavy atom. The molecule has 0 saturated carbocycles. The van der Waals surface area contributed by atoms with Gasteiger partial charge in [-0.15, -0.1) is 0 Å². The van der Waals surface area contributed by atoms with Gasteiger partial charge in [0.25, 0.3) is 0 Å². The number of urea groups is 1. The molecular formula is C19H29N3O4. The molecule has 7 heteroatoms. The van der Waals surface area contributed by atoms with Crippen molar-refractivity contribution in [3.8, 4) is 0 Å². The average Bonchev–Trinajstić information content (AvgIpc) is 3.02. The molecule has 3 amide bonds. The number of nitrogens with zero attached hydrogens (tertiary/aromatic N) is 1. The summed E-state index contributed by atoms with van der Waals surface area (Å²) in [4.78, 5) is 26.5. The summed E-state index contributed by atoms with van der Waals surface area (Å²) in [5, 5.41) is 5.94. The highest BCUT2D eigenvalue weighted by Crippen LogP contribution is 2.25. The Morgan fingerprint density at radius 1 is 1.35 bits per heavy atom. The van der Waals surface area contributed by atoms with E-state index in [1.165, 1.54) is 0 Å². The van der Waals surface area contributed by atoms with Gasteiger partial charge in [-0.1, -0.05) is 12.1 Å². The highest BCUT2D eigenvalue weighted by atomic mass is 16.5. The highest BCUT2D eigenvalue weighted by Gasteiger charge is 2.40. The molecule has 1 unspecified atom stereocenters. The van der Waals surface area contributed by atoms with Gasteiger partial charge in [-0.25, -0.2) is 4.79 Å². The van der Waals surface area contributed by atoms with Crippen LogP contribution in [0.1, 0.15) is 25.3 Å². The second kappa shape index (κ2) is 9.54. The van der Waals surface area contributed by atoms with Crippen LogP contribution in [-0.2, 0) is 14.3 Å². The van der Waals surface area contributed by atoms with Crippen LogP contribution < -0.4 is 10.6 Å². The number of nitrogens with one attached hydrogen (secondary N) is 2. The number of carbonyl (C=O) groups excluding carboxylic acids is 2. The van der Waals surface area contributed by atoms with Crippen molar-refractivity contribution < 1.29 is 19.1 Å². The van der Waals surface area contributed by atoms with E-state index in [0.29, 0.717) is 39.1 Å². The molecule has 1 aromatic rings. The molecule has 144 valence electrons. The molecule has 7 nitrogen and oxygen atoms in total. The molecule has 2 rings (SSSR count). The van der Waals surface area contributed by atoms with Gasteiger partial charge >= 0.3 is 6.03 Å². The number of hydrogen-bond acceptors (Lipinski definition) is 4. The largest absolute Gasteiger partial charge is 0.385 e. The standard InChI is InChI=1S/C19H29N3O4/c1-4-26-13-17(23)22-10-8-19(14-22,9-11-25-3)21-18(24)20-16-7-5-6-15(2)12-16/h5-7,12H,4,8-11,13-14H2,1-3H3,(H2,20,21,24). The maximum atomic E-state index is 12.5. The lowest BCUT2D eigenvalue weighted by molar-refractivity contribution is -0.135. The third-order valence-electron chi connectivity index (χ3n) is 4.58. The predicted molar refractivity (Wildman–Crippen MR) is 100 cm³/mol. The van der Waals surface area contributed by atoms with Gasteiger partial charge in [0.2, 0.25) is 5.91 Å². The third kappa shape index (κ3) is 5.71. The van der Waals surface area contributed by atoms with E-state index in [1.54, 1.807) is 12.0 Å². The van der Waals surface area contributed by atoms with Crippen molar-refractivity contribution in [2.24, 2.45) is 0 Å². The number of benzene rings is 1. The lowest BCUT2D eigenvalue weighted by atomic mass is 9.94. The minimum absolute atomic E-state index is 0.0490. The Bertz CT molecular complexity index is 623. The summed E-state index contributed by atoms with van der Waals surface area (Å²) >= 11 is 0. The molecule has 26 heavy (non-hydrogen) atoms. The van der Waals surface area contributed by atoms with E-state index in [-0.39, 0.29) is 18.5 Å². The molecule has 2 N–H and O–H groups in total. The van der Waals surface area contributed by atoms with Crippen LogP contribution in [0.25, 0.3) is 0 Å². The first kappa shape index (κ1) is 20.2. The highest BCUT2D eigenvalue weighted by molar-refractivity contribution is 5.90. The zero-order valence-corrected chi connectivity index (χ0v) is 15.8. The van der Waals surface area contributed by atoms with Crippen LogP contribution in [0.2, 0.25) is 0 Å². The van der Waals surface area contributed by atoms with Gasteiger partial charge < -0.3 is 25.0 Å². The first-order valence-corrected chi connectivity index (χ1v) is 8.98. The van der Waals surface area contributed by atoms with Crippen LogP contribution in [0.3, 0.4) is 0 Å². The zero-order chi connectivity index (χ0) is 19.0. The minimum atomic E-state index is -0.494. The summed E-state index contributed by atoms with van der Waals surface area (Å²) in [6.45, 7) is 5.99. The molecule has 0 aliphatic carbocycles. The summed E-state index contributed by atoms with van der Waals surface area (Å²) in [6.07, 6.45) is 1.33. The predicted octanol–water partition coefficient (Wildman–Crippen LogP) is 2.16. The van der Waals surface area contributed by atoms with Crippen molar-refractivity contribution in [1.29, 1.82) is 0 Å². The summed E-state index contributed by atoms with van der Waals surface area (Å²) < 4.78 is 10.4. The van der Waals surface area contributed by atoms with Crippen LogP contribution in [0.4, 0.5) is 10.5 Å². The van der Waals surface area contributed by atoms with Gasteiger partial charge in [0.1, 0.15) is 6.61 Å². The van der Waals surface area contributed by atoms with Gasteiger partial charge in [0.15, 0.2) is 0 Å². The minimum Gasteiger partial charge on any atom is -0.385 e. The molecule has 0 aromatic heterocycles. The number of likely N-dealkylation sites (tertiary alicyclic amines) is 1. The molecule has 1 atom stereocenters. The summed E-state index contributed by atoms with van der Waals surface area (Å²) in [7, 11) is 1.63. The van der Waals surface area contributed by atoms with E-state index in [2.05, 4.69) is 10.6 Å². The Morgan fingerprint density at radius 2 is 2.15 bits per heavy atom. The van der Waals surface area contributed by atoms with E-state index in [9.17, 15) is 9.59 Å². The lowest BCUT2D eigenvalue weighted by Gasteiger charge is -2.30. The second-order valence-corrected chi connectivity index (χ2v) is 6.67. The molecular weight excluding hydrogens is 334 g/mol. The van der Waals surface area contributed by atoms with Gasteiger partial charge in [0, 0.05) is 39.1 Å². The van der Waals surface area contributed by atoms with Crippen molar-refractivity contribution in [2.75, 3.05) is 45.3 Å². The number of anilines is 1. The topological polar surface area (TPSA) is 79.9 Å². The normalized spacial score (nSPS) is 19.4. The van der Waals surface area contributed by atoms with Gasteiger partial charge in [-0.3, -0.25) is 4.79 Å². The Hall–Kier alpha value is -2.12. The number of rotatable bonds is 8. The van der Waals surface area contributed by atoms with Crippen LogP contribution >= 0.6 is 0 Å². The van der Waals surface area contributed by atoms with Crippen molar-refractivity contribution in [1.82, 2.24) is 10.2 Å². The van der Waals surface area contributed by atoms with E-state index >= 15 is 0 Å². The van der Waals surface area contributed by atoms with Crippen molar-refractivity contribution in [2.45, 2.75) is 32.2 Å². The molecule has 1 aliphatic rings. The van der Waals surface area contributed by atoms with E-state index < -0.39 is 5.54 Å². The first-order chi connectivity index (χ1) is 12.5. The van der Waals surface area contributed by atoms with Crippen molar-refractivity contribution in [3.63, 3.8) is 0 Å². The molecule has 1 aliphatic heterocycles. The number of amides is 3. The Balaban J connectivity index is 2.00. The third-order valence-corrected chi connectivity index (χ3v) is 4.58. The monoisotopic (exact) mass is 363 g/mol. The van der Waals surface area contributed by atoms with E-state index in [0.717, 1.165) is 11.3 Å². The van der Waals surface area contributed by atoms with Crippen molar-refractivity contribution >= 4 is 17.6 Å². The smallest absolute Gasteiger partial charge is 0.319 e. The summed E-state index contributed by atoms with van der Waals surface area (Å²) in [6, 6.07) is 7.36. The van der Waals surface area contributed by atoms with Crippen LogP contribution in [0.15, 0.2) is 24.3 Å². The van der Waals surface area contributed by atoms with E-state index in [4.69, 9.17) is 9.47 Å². The first-order valence-electron chi connectivity index (χ1n) is 8.98. The lowest BCUT2D eigenvalue weighted by Crippen LogP contribution is -2.53. The molecule has 0 spiro atoms. The van der Waals surface area contributed by atoms with Gasteiger partial charge in [-0.05, 0) is 44.4 Å². The van der Waals surface area contributed by atoms with Crippen LogP contribution in [0.5, 0.6) is 0 Å². The molecule has 1 heterocycles. The van der Waals surface area contributed by atoms with Crippen molar-refractivity contribution in [3.05, 3.63) is 29.8 Å². The molecule has 0 bridgehead atoms. The average molecular weight is 363 g/mol. The van der Waals surface area contributed by atoms with Crippen LogP contribution in [0, 0.1) is 6.92 Å². The zero-order valence-electron chi connectivity index (χ0n) is 15.8. The number of carbonyl (C=O) groups is 2. The Labute approximate surface area is 155 Å². The number of aryl methyl sites for hydroxylation is 1. The van der Waals surface area contributed by atoms with Gasteiger partial charge in [-0.2, -0.15) is 0 Å². The number of methoxy groups -OCH3 is 1. The number of ether oxygens (including phenoxy) is 2. The number of hydrogen-bond donors (Lipinski definition) is 2. The SMILES string of the molecule is CCOCC(=O)N1CCC(CCOC)(NC(=O)Nc2cccc(C)c2)C1. The van der Waals surface area contributed by atoms with Crippen LogP contribution in [-0.4, -0.2) is 62.4 Å². The molecule has 1 fully saturated rings. The maximum absolute atomic E-state index is 12.5. The van der Waals surface area contributed by atoms with E-state index in [1.807, 2.05) is 38.1 Å². The molecule has 1 saturated heterocycles.